The van der Waals surface area contributed by atoms with Gasteiger partial charge in [0.1, 0.15) is 12.4 Å². The average molecular weight is 205 g/mol. The molecule has 1 heterocycles. The second kappa shape index (κ2) is 4.24. The van der Waals surface area contributed by atoms with Gasteiger partial charge >= 0.3 is 0 Å². The minimum absolute atomic E-state index is 0.550. The lowest BCUT2D eigenvalue weighted by molar-refractivity contribution is 0.300. The molecule has 0 saturated heterocycles. The number of aryl methyl sites for hydroxylation is 1. The molecule has 0 atom stereocenters. The number of nitrogens with zero attached hydrogens (tertiary/aromatic N) is 1. The molecule has 3 heteroatoms. The van der Waals surface area contributed by atoms with Crippen LogP contribution in [0.1, 0.15) is 11.3 Å². The minimum Gasteiger partial charge on any atom is -0.487 e. The summed E-state index contributed by atoms with van der Waals surface area (Å²) in [7, 11) is 0. The molecular weight excluding hydrogens is 194 g/mol. The summed E-state index contributed by atoms with van der Waals surface area (Å²) in [5.41, 5.74) is 3.96. The van der Waals surface area contributed by atoms with Crippen molar-refractivity contribution in [3.05, 3.63) is 46.4 Å². The Bertz CT molecular complexity index is 397. The molecule has 0 bridgehead atoms. The Labute approximate surface area is 87.2 Å². The van der Waals surface area contributed by atoms with Gasteiger partial charge in [-0.25, -0.2) is 4.98 Å². The first kappa shape index (κ1) is 9.21. The molecule has 0 amide bonds. The first-order chi connectivity index (χ1) is 6.86. The zero-order valence-corrected chi connectivity index (χ0v) is 8.75. The molecule has 1 aromatic carbocycles. The highest BCUT2D eigenvalue weighted by Crippen LogP contribution is 2.17. The molecule has 2 nitrogen and oxygen atoms in total. The van der Waals surface area contributed by atoms with Crippen LogP contribution in [0.4, 0.5) is 0 Å². The topological polar surface area (TPSA) is 22.1 Å². The lowest BCUT2D eigenvalue weighted by atomic mass is 10.2. The van der Waals surface area contributed by atoms with Gasteiger partial charge in [-0.05, 0) is 18.6 Å². The molecule has 14 heavy (non-hydrogen) atoms. The summed E-state index contributed by atoms with van der Waals surface area (Å²) in [6.45, 7) is 2.59. The molecule has 0 fully saturated rings. The molecule has 0 unspecified atom stereocenters. The van der Waals surface area contributed by atoms with Crippen molar-refractivity contribution in [2.45, 2.75) is 13.5 Å². The first-order valence-electron chi connectivity index (χ1n) is 4.42. The van der Waals surface area contributed by atoms with E-state index in [1.807, 2.05) is 42.1 Å². The lowest BCUT2D eigenvalue weighted by Crippen LogP contribution is -1.96. The molecule has 0 radical (unpaired) electrons. The fourth-order valence-electron chi connectivity index (χ4n) is 1.18. The normalized spacial score (nSPS) is 10.1. The summed E-state index contributed by atoms with van der Waals surface area (Å²) in [5.74, 6) is 0.931. The predicted octanol–water partition coefficient (Wildman–Crippen LogP) is 3.03. The number of hydrogen-bond acceptors (Lipinski definition) is 3. The second-order valence-corrected chi connectivity index (χ2v) is 3.75. The Morgan fingerprint density at radius 3 is 2.93 bits per heavy atom. The number of hydrogen-bond donors (Lipinski definition) is 0. The molecule has 0 saturated carbocycles. The van der Waals surface area contributed by atoms with Crippen molar-refractivity contribution in [3.8, 4) is 5.75 Å². The summed E-state index contributed by atoms with van der Waals surface area (Å²) < 4.78 is 5.63. The van der Waals surface area contributed by atoms with Crippen LogP contribution in [0.2, 0.25) is 0 Å². The number of para-hydroxylation sites is 1. The molecule has 72 valence electrons. The van der Waals surface area contributed by atoms with Crippen LogP contribution in [-0.2, 0) is 6.61 Å². The summed E-state index contributed by atoms with van der Waals surface area (Å²) in [6, 6.07) is 7.99. The Kier molecular flexibility index (Phi) is 2.79. The molecule has 0 aliphatic rings. The SMILES string of the molecule is Cc1ccccc1OCc1cscn1. The molecule has 2 rings (SSSR count). The van der Waals surface area contributed by atoms with Crippen molar-refractivity contribution in [1.82, 2.24) is 4.98 Å². The molecule has 0 aliphatic heterocycles. The van der Waals surface area contributed by atoms with Crippen LogP contribution in [0.5, 0.6) is 5.75 Å². The summed E-state index contributed by atoms with van der Waals surface area (Å²) in [5, 5.41) is 2.00. The Morgan fingerprint density at radius 2 is 2.21 bits per heavy atom. The van der Waals surface area contributed by atoms with E-state index >= 15 is 0 Å². The van der Waals surface area contributed by atoms with Crippen molar-refractivity contribution < 1.29 is 4.74 Å². The van der Waals surface area contributed by atoms with Crippen molar-refractivity contribution in [1.29, 1.82) is 0 Å². The highest BCUT2D eigenvalue weighted by Gasteiger charge is 1.99. The van der Waals surface area contributed by atoms with Crippen LogP contribution in [0.15, 0.2) is 35.2 Å². The van der Waals surface area contributed by atoms with E-state index in [9.17, 15) is 0 Å². The molecule has 0 spiro atoms. The van der Waals surface area contributed by atoms with E-state index in [1.165, 1.54) is 0 Å². The maximum Gasteiger partial charge on any atom is 0.131 e. The maximum absolute atomic E-state index is 5.63. The zero-order valence-electron chi connectivity index (χ0n) is 7.93. The molecule has 0 N–H and O–H groups in total. The Hall–Kier alpha value is -1.35. The van der Waals surface area contributed by atoms with E-state index in [1.54, 1.807) is 11.3 Å². The standard InChI is InChI=1S/C11H11NOS/c1-9-4-2-3-5-11(9)13-6-10-7-14-8-12-10/h2-5,7-8H,6H2,1H3. The van der Waals surface area contributed by atoms with Gasteiger partial charge in [0.2, 0.25) is 0 Å². The Balaban J connectivity index is 2.02. The number of thiazole rings is 1. The maximum atomic E-state index is 5.63. The van der Waals surface area contributed by atoms with E-state index in [4.69, 9.17) is 4.74 Å². The van der Waals surface area contributed by atoms with E-state index in [0.29, 0.717) is 6.61 Å². The van der Waals surface area contributed by atoms with Gasteiger partial charge in [0, 0.05) is 5.38 Å². The number of benzene rings is 1. The van der Waals surface area contributed by atoms with Crippen LogP contribution in [-0.4, -0.2) is 4.98 Å². The van der Waals surface area contributed by atoms with Crippen LogP contribution < -0.4 is 4.74 Å². The van der Waals surface area contributed by atoms with Gasteiger partial charge in [0.15, 0.2) is 0 Å². The smallest absolute Gasteiger partial charge is 0.131 e. The zero-order chi connectivity index (χ0) is 9.80. The van der Waals surface area contributed by atoms with E-state index < -0.39 is 0 Å². The third kappa shape index (κ3) is 2.12. The van der Waals surface area contributed by atoms with E-state index in [0.717, 1.165) is 17.0 Å². The van der Waals surface area contributed by atoms with Gasteiger partial charge in [0.25, 0.3) is 0 Å². The van der Waals surface area contributed by atoms with Gasteiger partial charge < -0.3 is 4.74 Å². The third-order valence-corrected chi connectivity index (χ3v) is 2.59. The van der Waals surface area contributed by atoms with Crippen LogP contribution in [0.25, 0.3) is 0 Å². The summed E-state index contributed by atoms with van der Waals surface area (Å²) in [6.07, 6.45) is 0. The monoisotopic (exact) mass is 205 g/mol. The van der Waals surface area contributed by atoms with Crippen LogP contribution >= 0.6 is 11.3 Å². The summed E-state index contributed by atoms with van der Waals surface area (Å²) >= 11 is 1.59. The van der Waals surface area contributed by atoms with Crippen molar-refractivity contribution in [2.75, 3.05) is 0 Å². The van der Waals surface area contributed by atoms with Crippen LogP contribution in [0, 0.1) is 6.92 Å². The Morgan fingerprint density at radius 1 is 1.36 bits per heavy atom. The number of rotatable bonds is 3. The van der Waals surface area contributed by atoms with Gasteiger partial charge in [0.05, 0.1) is 11.2 Å². The largest absolute Gasteiger partial charge is 0.487 e. The molecule has 0 aliphatic carbocycles. The van der Waals surface area contributed by atoms with Crippen LogP contribution in [0.3, 0.4) is 0 Å². The van der Waals surface area contributed by atoms with Gasteiger partial charge in [-0.2, -0.15) is 0 Å². The number of ether oxygens (including phenoxy) is 1. The quantitative estimate of drug-likeness (QED) is 0.768. The molecule has 1 aromatic heterocycles. The van der Waals surface area contributed by atoms with Crippen molar-refractivity contribution >= 4 is 11.3 Å². The van der Waals surface area contributed by atoms with E-state index in [-0.39, 0.29) is 0 Å². The summed E-state index contributed by atoms with van der Waals surface area (Å²) in [4.78, 5) is 4.15. The predicted molar refractivity (Wildman–Crippen MR) is 57.6 cm³/mol. The van der Waals surface area contributed by atoms with Crippen molar-refractivity contribution in [3.63, 3.8) is 0 Å². The minimum atomic E-state index is 0.550. The average Bonchev–Trinajstić information content (AvgIpc) is 2.69. The molecular formula is C11H11NOS. The third-order valence-electron chi connectivity index (χ3n) is 1.95. The fraction of sp³-hybridized carbons (Fsp3) is 0.182. The lowest BCUT2D eigenvalue weighted by Gasteiger charge is -2.06. The number of aromatic nitrogens is 1. The van der Waals surface area contributed by atoms with Gasteiger partial charge in [-0.15, -0.1) is 11.3 Å². The fourth-order valence-corrected chi connectivity index (χ4v) is 1.72. The van der Waals surface area contributed by atoms with E-state index in [2.05, 4.69) is 4.98 Å². The second-order valence-electron chi connectivity index (χ2n) is 3.03. The first-order valence-corrected chi connectivity index (χ1v) is 5.36. The van der Waals surface area contributed by atoms with Gasteiger partial charge in [-0.1, -0.05) is 18.2 Å². The highest BCUT2D eigenvalue weighted by molar-refractivity contribution is 7.07. The van der Waals surface area contributed by atoms with Gasteiger partial charge in [-0.3, -0.25) is 0 Å². The van der Waals surface area contributed by atoms with Crippen molar-refractivity contribution in [2.24, 2.45) is 0 Å². The molecule has 2 aromatic rings. The highest BCUT2D eigenvalue weighted by atomic mass is 32.1.